The highest BCUT2D eigenvalue weighted by Gasteiger charge is 2.27. The minimum Gasteiger partial charge on any atom is -0.465 e. The van der Waals surface area contributed by atoms with Gasteiger partial charge in [0.15, 0.2) is 0 Å². The lowest BCUT2D eigenvalue weighted by atomic mass is 10.1. The molecule has 1 N–H and O–H groups in total. The molecule has 0 atom stereocenters. The number of benzene rings is 1. The van der Waals surface area contributed by atoms with Crippen LogP contribution in [0.3, 0.4) is 0 Å². The molecule has 0 fully saturated rings. The molecule has 8 heteroatoms. The van der Waals surface area contributed by atoms with Crippen molar-refractivity contribution in [3.8, 4) is 0 Å². The predicted molar refractivity (Wildman–Crippen MR) is 90.4 cm³/mol. The first-order valence-corrected chi connectivity index (χ1v) is 7.42. The maximum Gasteiger partial charge on any atom is 0.412 e. The zero-order valence-electron chi connectivity index (χ0n) is 15.1. The standard InChI is InChI=1S/C14H18N2O6.C2H6/c1-8-6-9(12(17)21-5)11(10(7-8)16(19)20)15-13(18)22-14(2,3)4;1-2/h6-7H,1-5H3,(H,15,18);1-2H3. The highest BCUT2D eigenvalue weighted by molar-refractivity contribution is 6.02. The van der Waals surface area contributed by atoms with Gasteiger partial charge in [0.1, 0.15) is 11.3 Å². The lowest BCUT2D eigenvalue weighted by Gasteiger charge is -2.20. The molecule has 0 radical (unpaired) electrons. The molecule has 0 heterocycles. The van der Waals surface area contributed by atoms with E-state index < -0.39 is 28.3 Å². The normalized spacial score (nSPS) is 10.1. The molecule has 0 saturated carbocycles. The number of aryl methyl sites for hydroxylation is 1. The van der Waals surface area contributed by atoms with Gasteiger partial charge in [-0.05, 0) is 39.3 Å². The third-order valence-corrected chi connectivity index (χ3v) is 2.49. The van der Waals surface area contributed by atoms with Crippen LogP contribution in [0, 0.1) is 17.0 Å². The zero-order chi connectivity index (χ0) is 19.1. The van der Waals surface area contributed by atoms with Gasteiger partial charge in [-0.3, -0.25) is 15.4 Å². The van der Waals surface area contributed by atoms with E-state index in [0.717, 1.165) is 7.11 Å². The van der Waals surface area contributed by atoms with Gasteiger partial charge in [0.05, 0.1) is 17.6 Å². The van der Waals surface area contributed by atoms with E-state index in [0.29, 0.717) is 5.56 Å². The van der Waals surface area contributed by atoms with Gasteiger partial charge in [-0.25, -0.2) is 9.59 Å². The number of amides is 1. The average molecular weight is 340 g/mol. The molecule has 1 aromatic carbocycles. The number of ether oxygens (including phenoxy) is 2. The van der Waals surface area contributed by atoms with Crippen molar-refractivity contribution < 1.29 is 24.0 Å². The summed E-state index contributed by atoms with van der Waals surface area (Å²) in [6.45, 7) is 10.5. The molecule has 0 aromatic heterocycles. The van der Waals surface area contributed by atoms with Gasteiger partial charge in [-0.2, -0.15) is 0 Å². The number of carbonyl (C=O) groups excluding carboxylic acids is 2. The molecule has 0 aliphatic carbocycles. The highest BCUT2D eigenvalue weighted by Crippen LogP contribution is 2.31. The Labute approximate surface area is 141 Å². The molecule has 8 nitrogen and oxygen atoms in total. The Hall–Kier alpha value is -2.64. The van der Waals surface area contributed by atoms with Gasteiger partial charge in [0, 0.05) is 6.07 Å². The van der Waals surface area contributed by atoms with Crippen LogP contribution in [-0.4, -0.2) is 29.7 Å². The van der Waals surface area contributed by atoms with Gasteiger partial charge in [-0.15, -0.1) is 0 Å². The fraction of sp³-hybridized carbons (Fsp3) is 0.500. The fourth-order valence-corrected chi connectivity index (χ4v) is 1.72. The number of nitrogens with one attached hydrogen (secondary N) is 1. The summed E-state index contributed by atoms with van der Waals surface area (Å²) < 4.78 is 9.65. The van der Waals surface area contributed by atoms with Crippen molar-refractivity contribution in [2.24, 2.45) is 0 Å². The Bertz CT molecular complexity index is 620. The summed E-state index contributed by atoms with van der Waals surface area (Å²) in [4.78, 5) is 34.1. The maximum atomic E-state index is 11.8. The van der Waals surface area contributed by atoms with E-state index in [4.69, 9.17) is 4.74 Å². The summed E-state index contributed by atoms with van der Waals surface area (Å²) in [5.74, 6) is -0.794. The molecule has 0 aliphatic heterocycles. The van der Waals surface area contributed by atoms with E-state index in [2.05, 4.69) is 10.1 Å². The molecule has 0 spiro atoms. The zero-order valence-corrected chi connectivity index (χ0v) is 15.1. The smallest absolute Gasteiger partial charge is 0.412 e. The number of hydrogen-bond acceptors (Lipinski definition) is 6. The van der Waals surface area contributed by atoms with Gasteiger partial charge in [0.2, 0.25) is 0 Å². The molecule has 134 valence electrons. The van der Waals surface area contributed by atoms with E-state index in [9.17, 15) is 19.7 Å². The highest BCUT2D eigenvalue weighted by atomic mass is 16.6. The van der Waals surface area contributed by atoms with Gasteiger partial charge < -0.3 is 9.47 Å². The molecular weight excluding hydrogens is 316 g/mol. The Balaban J connectivity index is 0.00000254. The Kier molecular flexibility index (Phi) is 7.88. The van der Waals surface area contributed by atoms with Crippen molar-refractivity contribution in [2.45, 2.75) is 47.1 Å². The van der Waals surface area contributed by atoms with Crippen molar-refractivity contribution in [1.29, 1.82) is 0 Å². The second-order valence-electron chi connectivity index (χ2n) is 5.58. The SMILES string of the molecule is CC.COC(=O)c1cc(C)cc([N+](=O)[O-])c1NC(=O)OC(C)(C)C. The Morgan fingerprint density at radius 1 is 1.21 bits per heavy atom. The van der Waals surface area contributed by atoms with Crippen molar-refractivity contribution in [3.63, 3.8) is 0 Å². The molecule has 1 rings (SSSR count). The van der Waals surface area contributed by atoms with E-state index in [-0.39, 0.29) is 11.3 Å². The Morgan fingerprint density at radius 3 is 2.17 bits per heavy atom. The second kappa shape index (κ2) is 8.85. The molecular formula is C16H24N2O6. The third-order valence-electron chi connectivity index (χ3n) is 2.49. The maximum absolute atomic E-state index is 11.8. The minimum atomic E-state index is -0.899. The van der Waals surface area contributed by atoms with E-state index in [1.165, 1.54) is 12.1 Å². The van der Waals surface area contributed by atoms with Crippen molar-refractivity contribution in [2.75, 3.05) is 12.4 Å². The molecule has 24 heavy (non-hydrogen) atoms. The van der Waals surface area contributed by atoms with Crippen molar-refractivity contribution >= 4 is 23.4 Å². The van der Waals surface area contributed by atoms with Crippen LogP contribution >= 0.6 is 0 Å². The molecule has 0 bridgehead atoms. The first-order chi connectivity index (χ1) is 11.0. The minimum absolute atomic E-state index is 0.111. The quantitative estimate of drug-likeness (QED) is 0.505. The van der Waals surface area contributed by atoms with E-state index >= 15 is 0 Å². The first-order valence-electron chi connectivity index (χ1n) is 7.42. The lowest BCUT2D eigenvalue weighted by Crippen LogP contribution is -2.28. The van der Waals surface area contributed by atoms with Gasteiger partial charge in [0.25, 0.3) is 5.69 Å². The molecule has 0 aliphatic rings. The lowest BCUT2D eigenvalue weighted by molar-refractivity contribution is -0.384. The van der Waals surface area contributed by atoms with Crippen LogP contribution in [0.2, 0.25) is 0 Å². The number of nitro groups is 1. The molecule has 1 amide bonds. The Morgan fingerprint density at radius 2 is 1.75 bits per heavy atom. The second-order valence-corrected chi connectivity index (χ2v) is 5.58. The number of methoxy groups -OCH3 is 1. The predicted octanol–water partition coefficient (Wildman–Crippen LogP) is 4.06. The van der Waals surface area contributed by atoms with E-state index in [1.807, 2.05) is 13.8 Å². The number of esters is 1. The number of anilines is 1. The van der Waals surface area contributed by atoms with Crippen molar-refractivity contribution in [3.05, 3.63) is 33.4 Å². The summed E-state index contributed by atoms with van der Waals surface area (Å²) >= 11 is 0. The summed E-state index contributed by atoms with van der Waals surface area (Å²) in [6.07, 6.45) is -0.899. The van der Waals surface area contributed by atoms with Crippen LogP contribution < -0.4 is 5.32 Å². The van der Waals surface area contributed by atoms with Crippen LogP contribution in [0.15, 0.2) is 12.1 Å². The summed E-state index contributed by atoms with van der Waals surface area (Å²) in [6, 6.07) is 2.64. The number of rotatable bonds is 3. The van der Waals surface area contributed by atoms with Crippen molar-refractivity contribution in [1.82, 2.24) is 0 Å². The molecule has 0 saturated heterocycles. The molecule has 1 aromatic rings. The fourth-order valence-electron chi connectivity index (χ4n) is 1.72. The largest absolute Gasteiger partial charge is 0.465 e. The van der Waals surface area contributed by atoms with E-state index in [1.54, 1.807) is 27.7 Å². The summed E-state index contributed by atoms with van der Waals surface area (Å²) in [5.41, 5.74) is -1.07. The summed E-state index contributed by atoms with van der Waals surface area (Å²) in [7, 11) is 1.15. The van der Waals surface area contributed by atoms with Crippen LogP contribution in [0.25, 0.3) is 0 Å². The number of nitro benzene ring substituents is 1. The number of nitrogens with zero attached hydrogens (tertiary/aromatic N) is 1. The van der Waals surface area contributed by atoms with Gasteiger partial charge >= 0.3 is 12.1 Å². The molecule has 0 unspecified atom stereocenters. The van der Waals surface area contributed by atoms with Crippen LogP contribution in [0.4, 0.5) is 16.2 Å². The van der Waals surface area contributed by atoms with Crippen LogP contribution in [0.5, 0.6) is 0 Å². The van der Waals surface area contributed by atoms with Gasteiger partial charge in [-0.1, -0.05) is 13.8 Å². The topological polar surface area (TPSA) is 108 Å². The third kappa shape index (κ3) is 6.23. The number of hydrogen-bond donors (Lipinski definition) is 1. The van der Waals surface area contributed by atoms with Crippen LogP contribution in [-0.2, 0) is 9.47 Å². The monoisotopic (exact) mass is 340 g/mol. The first kappa shape index (κ1) is 21.4. The summed E-state index contributed by atoms with van der Waals surface area (Å²) in [5, 5.41) is 13.4. The average Bonchev–Trinajstić information content (AvgIpc) is 2.47. The number of carbonyl (C=O) groups is 2. The van der Waals surface area contributed by atoms with Crippen LogP contribution in [0.1, 0.15) is 50.5 Å².